The lowest BCUT2D eigenvalue weighted by molar-refractivity contribution is 0.0693. The first-order valence-corrected chi connectivity index (χ1v) is 12.9. The van der Waals surface area contributed by atoms with Crippen LogP contribution in [0.15, 0.2) is 79.1 Å². The molecule has 0 saturated heterocycles. The Bertz CT molecular complexity index is 1820. The number of ether oxygens (including phenoxy) is 1. The van der Waals surface area contributed by atoms with Crippen LogP contribution in [0.2, 0.25) is 0 Å². The predicted molar refractivity (Wildman–Crippen MR) is 159 cm³/mol. The third kappa shape index (κ3) is 5.50. The molecule has 3 aromatic carbocycles. The number of carboxylic acids is 1. The first-order chi connectivity index (χ1) is 19.8. The fourth-order valence-corrected chi connectivity index (χ4v) is 4.81. The van der Waals surface area contributed by atoms with Crippen molar-refractivity contribution in [2.24, 2.45) is 0 Å². The number of methoxy groups -OCH3 is 1. The predicted octanol–water partition coefficient (Wildman–Crippen LogP) is 7.32. The Kier molecular flexibility index (Phi) is 7.76. The minimum atomic E-state index is -1.14. The molecule has 41 heavy (non-hydrogen) atoms. The number of benzene rings is 3. The second-order valence-corrected chi connectivity index (χ2v) is 9.57. The van der Waals surface area contributed by atoms with Gasteiger partial charge in [0, 0.05) is 29.0 Å². The lowest BCUT2D eigenvalue weighted by Crippen LogP contribution is -2.01. The van der Waals surface area contributed by atoms with Crippen molar-refractivity contribution in [2.45, 2.75) is 20.5 Å². The van der Waals surface area contributed by atoms with Gasteiger partial charge in [-0.25, -0.2) is 14.2 Å². The number of fused-ring (bicyclic) bond motifs is 1. The average molecular weight is 550 g/mol. The van der Waals surface area contributed by atoms with Gasteiger partial charge in [0.05, 0.1) is 13.7 Å². The van der Waals surface area contributed by atoms with E-state index in [2.05, 4.69) is 15.3 Å². The van der Waals surface area contributed by atoms with E-state index < -0.39 is 11.8 Å². The largest absolute Gasteiger partial charge is 0.496 e. The van der Waals surface area contributed by atoms with Gasteiger partial charge in [-0.05, 0) is 83.6 Å². The molecule has 0 amide bonds. The van der Waals surface area contributed by atoms with Crippen LogP contribution >= 0.6 is 0 Å². The third-order valence-corrected chi connectivity index (χ3v) is 7.08. The second-order valence-electron chi connectivity index (χ2n) is 9.57. The maximum Gasteiger partial charge on any atom is 0.339 e. The van der Waals surface area contributed by atoms with E-state index in [4.69, 9.17) is 4.74 Å². The van der Waals surface area contributed by atoms with Crippen LogP contribution in [0.4, 0.5) is 15.9 Å². The zero-order chi connectivity index (χ0) is 29.1. The molecule has 8 heteroatoms. The molecule has 0 radical (unpaired) electrons. The summed E-state index contributed by atoms with van der Waals surface area (Å²) < 4.78 is 20.5. The van der Waals surface area contributed by atoms with Gasteiger partial charge in [0.2, 0.25) is 0 Å². The smallest absolute Gasteiger partial charge is 0.339 e. The van der Waals surface area contributed by atoms with E-state index in [1.165, 1.54) is 31.4 Å². The van der Waals surface area contributed by atoms with Crippen LogP contribution in [0.5, 0.6) is 5.75 Å². The van der Waals surface area contributed by atoms with E-state index in [9.17, 15) is 15.0 Å². The minimum Gasteiger partial charge on any atom is -0.496 e. The molecule has 0 fully saturated rings. The SMILES string of the molecule is COc1cc(C(F)=Cc2cccc(-c3cccc(Nc4nccc5cc(CO)cnc45)c3C)c2C)ccc1C(=O)O. The van der Waals surface area contributed by atoms with Crippen LogP contribution < -0.4 is 10.1 Å². The van der Waals surface area contributed by atoms with Crippen molar-refractivity contribution in [1.82, 2.24) is 9.97 Å². The summed E-state index contributed by atoms with van der Waals surface area (Å²) in [5, 5.41) is 23.1. The Labute approximate surface area is 236 Å². The summed E-state index contributed by atoms with van der Waals surface area (Å²) in [5.41, 5.74) is 6.96. The van der Waals surface area contributed by atoms with Gasteiger partial charge < -0.3 is 20.3 Å². The fourth-order valence-electron chi connectivity index (χ4n) is 4.81. The molecule has 0 spiro atoms. The highest BCUT2D eigenvalue weighted by Crippen LogP contribution is 2.35. The summed E-state index contributed by atoms with van der Waals surface area (Å²) in [6.07, 6.45) is 4.78. The van der Waals surface area contributed by atoms with Crippen LogP contribution in [0.3, 0.4) is 0 Å². The number of nitrogens with zero attached hydrogens (tertiary/aromatic N) is 2. The zero-order valence-electron chi connectivity index (χ0n) is 22.8. The molecule has 0 atom stereocenters. The highest BCUT2D eigenvalue weighted by atomic mass is 19.1. The van der Waals surface area contributed by atoms with E-state index in [0.29, 0.717) is 16.9 Å². The van der Waals surface area contributed by atoms with E-state index in [1.54, 1.807) is 12.4 Å². The number of anilines is 2. The Morgan fingerprint density at radius 3 is 2.49 bits per heavy atom. The monoisotopic (exact) mass is 549 g/mol. The maximum absolute atomic E-state index is 15.4. The lowest BCUT2D eigenvalue weighted by atomic mass is 9.92. The summed E-state index contributed by atoms with van der Waals surface area (Å²) >= 11 is 0. The van der Waals surface area contributed by atoms with Gasteiger partial charge in [-0.2, -0.15) is 0 Å². The number of aliphatic hydroxyl groups excluding tert-OH is 1. The number of aromatic carboxylic acids is 1. The van der Waals surface area contributed by atoms with Crippen molar-refractivity contribution < 1.29 is 24.1 Å². The Morgan fingerprint density at radius 1 is 1.00 bits per heavy atom. The molecule has 0 aliphatic heterocycles. The van der Waals surface area contributed by atoms with Crippen molar-refractivity contribution in [2.75, 3.05) is 12.4 Å². The van der Waals surface area contributed by atoms with Gasteiger partial charge >= 0.3 is 5.97 Å². The minimum absolute atomic E-state index is 0.0319. The van der Waals surface area contributed by atoms with Crippen LogP contribution in [0.1, 0.15) is 38.2 Å². The van der Waals surface area contributed by atoms with E-state index in [1.807, 2.05) is 62.4 Å². The molecule has 5 rings (SSSR count). The topological polar surface area (TPSA) is 105 Å². The molecule has 0 aliphatic carbocycles. The average Bonchev–Trinajstić information content (AvgIpc) is 2.98. The summed E-state index contributed by atoms with van der Waals surface area (Å²) in [6.45, 7) is 3.87. The second kappa shape index (κ2) is 11.6. The summed E-state index contributed by atoms with van der Waals surface area (Å²) in [7, 11) is 1.35. The first-order valence-electron chi connectivity index (χ1n) is 12.9. The van der Waals surface area contributed by atoms with Gasteiger partial charge in [-0.15, -0.1) is 0 Å². The van der Waals surface area contributed by atoms with Gasteiger partial charge in [0.15, 0.2) is 5.82 Å². The van der Waals surface area contributed by atoms with Crippen LogP contribution in [-0.4, -0.2) is 33.3 Å². The number of hydrogen-bond acceptors (Lipinski definition) is 6. The van der Waals surface area contributed by atoms with Crippen molar-refractivity contribution in [3.05, 3.63) is 113 Å². The molecular formula is C33H28FN3O4. The van der Waals surface area contributed by atoms with Crippen molar-refractivity contribution in [1.29, 1.82) is 0 Å². The summed E-state index contributed by atoms with van der Waals surface area (Å²) in [5.74, 6) is -0.955. The van der Waals surface area contributed by atoms with E-state index in [-0.39, 0.29) is 23.5 Å². The molecule has 2 aromatic heterocycles. The van der Waals surface area contributed by atoms with Gasteiger partial charge in [-0.3, -0.25) is 4.98 Å². The standard InChI is InChI=1S/C33H28FN3O4/c1-19-22(15-28(34)23-10-11-27(33(39)40)30(16-23)41-3)6-4-7-25(19)26-8-5-9-29(20(26)2)37-32-31-24(12-13-35-32)14-21(18-38)17-36-31/h4-17,38H,18H2,1-3H3,(H,35,37)(H,39,40). The summed E-state index contributed by atoms with van der Waals surface area (Å²) in [6, 6.07) is 19.5. The molecule has 0 bridgehead atoms. The van der Waals surface area contributed by atoms with E-state index >= 15 is 4.39 Å². The Hall–Kier alpha value is -5.08. The zero-order valence-corrected chi connectivity index (χ0v) is 22.8. The maximum atomic E-state index is 15.4. The van der Waals surface area contributed by atoms with Gasteiger partial charge in [0.25, 0.3) is 0 Å². The number of nitrogens with one attached hydrogen (secondary N) is 1. The normalized spacial score (nSPS) is 11.5. The van der Waals surface area contributed by atoms with Gasteiger partial charge in [-0.1, -0.05) is 36.4 Å². The molecule has 206 valence electrons. The number of rotatable bonds is 8. The molecule has 0 unspecified atom stereocenters. The molecule has 2 heterocycles. The highest BCUT2D eigenvalue weighted by Gasteiger charge is 2.15. The molecule has 0 saturated carbocycles. The molecule has 3 N–H and O–H groups in total. The van der Waals surface area contributed by atoms with Crippen molar-refractivity contribution in [3.63, 3.8) is 0 Å². The van der Waals surface area contributed by atoms with Crippen LogP contribution in [-0.2, 0) is 6.61 Å². The van der Waals surface area contributed by atoms with E-state index in [0.717, 1.165) is 38.9 Å². The fraction of sp³-hybridized carbons (Fsp3) is 0.121. The summed E-state index contributed by atoms with van der Waals surface area (Å²) in [4.78, 5) is 20.4. The first kappa shape index (κ1) is 27.5. The van der Waals surface area contributed by atoms with Crippen LogP contribution in [0, 0.1) is 13.8 Å². The number of pyridine rings is 2. The molecule has 7 nitrogen and oxygen atoms in total. The van der Waals surface area contributed by atoms with Crippen molar-refractivity contribution >= 4 is 40.3 Å². The van der Waals surface area contributed by atoms with Gasteiger partial charge in [0.1, 0.15) is 22.7 Å². The molecule has 0 aliphatic rings. The quantitative estimate of drug-likeness (QED) is 0.174. The Balaban J connectivity index is 1.50. The number of aliphatic hydroxyl groups is 1. The van der Waals surface area contributed by atoms with Crippen molar-refractivity contribution in [3.8, 4) is 16.9 Å². The Morgan fingerprint density at radius 2 is 1.76 bits per heavy atom. The third-order valence-electron chi connectivity index (χ3n) is 7.08. The number of carbonyl (C=O) groups is 1. The number of halogens is 1. The molecular weight excluding hydrogens is 521 g/mol. The van der Waals surface area contributed by atoms with Crippen LogP contribution in [0.25, 0.3) is 33.9 Å². The molecule has 5 aromatic rings. The number of aromatic nitrogens is 2. The highest BCUT2D eigenvalue weighted by molar-refractivity contribution is 5.93. The number of hydrogen-bond donors (Lipinski definition) is 3. The lowest BCUT2D eigenvalue weighted by Gasteiger charge is -2.16. The number of carboxylic acid groups (broad SMARTS) is 1.